The van der Waals surface area contributed by atoms with Crippen LogP contribution in [0.15, 0.2) is 42.0 Å². The summed E-state index contributed by atoms with van der Waals surface area (Å²) in [4.78, 5) is 10.9. The van der Waals surface area contributed by atoms with Gasteiger partial charge in [-0.3, -0.25) is 0 Å². The van der Waals surface area contributed by atoms with Crippen LogP contribution in [0.1, 0.15) is 11.1 Å². The van der Waals surface area contributed by atoms with Crippen LogP contribution in [0.4, 0.5) is 0 Å². The minimum absolute atomic E-state index is 0.213. The third-order valence-corrected chi connectivity index (χ3v) is 3.97. The first-order valence-corrected chi connectivity index (χ1v) is 7.80. The van der Waals surface area contributed by atoms with Crippen LogP contribution in [-0.2, 0) is 11.4 Å². The molecule has 0 bridgehead atoms. The molecule has 0 saturated heterocycles. The van der Waals surface area contributed by atoms with Gasteiger partial charge in [-0.15, -0.1) is 0 Å². The van der Waals surface area contributed by atoms with Crippen LogP contribution < -0.4 is 9.47 Å². The van der Waals surface area contributed by atoms with Crippen molar-refractivity contribution in [3.05, 3.63) is 63.1 Å². The second-order valence-electron chi connectivity index (χ2n) is 4.92. The molecule has 1 N–H and O–H groups in total. The molecule has 0 aliphatic rings. The summed E-state index contributed by atoms with van der Waals surface area (Å²) in [7, 11) is 1.49. The molecule has 2 aromatic rings. The van der Waals surface area contributed by atoms with Crippen molar-refractivity contribution < 1.29 is 19.4 Å². The van der Waals surface area contributed by atoms with Gasteiger partial charge in [0.05, 0.1) is 17.2 Å². The number of hydrogen-bond acceptors (Lipinski definition) is 4. The summed E-state index contributed by atoms with van der Waals surface area (Å²) in [5.74, 6) is -0.410. The number of carboxylic acids is 1. The third-order valence-electron chi connectivity index (χ3n) is 3.23. The zero-order chi connectivity index (χ0) is 18.4. The summed E-state index contributed by atoms with van der Waals surface area (Å²) in [5, 5.41) is 18.7. The summed E-state index contributed by atoms with van der Waals surface area (Å²) in [5.41, 5.74) is 0.935. The van der Waals surface area contributed by atoms with Gasteiger partial charge in [0.2, 0.25) is 0 Å². The summed E-state index contributed by atoms with van der Waals surface area (Å²) >= 11 is 11.9. The predicted octanol–water partition coefficient (Wildman–Crippen LogP) is 4.57. The van der Waals surface area contributed by atoms with Crippen LogP contribution in [0, 0.1) is 11.3 Å². The summed E-state index contributed by atoms with van der Waals surface area (Å²) in [6.45, 7) is 0.213. The smallest absolute Gasteiger partial charge is 0.346 e. The lowest BCUT2D eigenvalue weighted by Gasteiger charge is -2.12. The molecule has 0 spiro atoms. The van der Waals surface area contributed by atoms with E-state index in [1.165, 1.54) is 13.2 Å². The van der Waals surface area contributed by atoms with Crippen LogP contribution in [-0.4, -0.2) is 18.2 Å². The van der Waals surface area contributed by atoms with Gasteiger partial charge in [-0.05, 0) is 41.5 Å². The molecule has 0 aliphatic heterocycles. The molecule has 0 aromatic heterocycles. The van der Waals surface area contributed by atoms with Crippen molar-refractivity contribution in [1.29, 1.82) is 5.26 Å². The molecule has 5 nitrogen and oxygen atoms in total. The Kier molecular flexibility index (Phi) is 6.29. The molecule has 0 fully saturated rings. The molecule has 2 rings (SSSR count). The van der Waals surface area contributed by atoms with Crippen LogP contribution in [0.5, 0.6) is 11.5 Å². The van der Waals surface area contributed by atoms with E-state index in [9.17, 15) is 4.79 Å². The second kappa shape index (κ2) is 8.43. The minimum Gasteiger partial charge on any atom is -0.493 e. The largest absolute Gasteiger partial charge is 0.493 e. The standard InChI is InChI=1S/C18H13Cl2NO4/c1-24-16-5-3-11(6-13(9-21)18(22)23)8-17(16)25-10-12-2-4-14(19)15(20)7-12/h2-8H,10H2,1H3,(H,22,23). The maximum Gasteiger partial charge on any atom is 0.346 e. The molecule has 0 amide bonds. The lowest BCUT2D eigenvalue weighted by atomic mass is 10.1. The molecule has 0 saturated carbocycles. The number of carbonyl (C=O) groups is 1. The van der Waals surface area contributed by atoms with Crippen LogP contribution in [0.25, 0.3) is 6.08 Å². The number of ether oxygens (including phenoxy) is 2. The Morgan fingerprint density at radius 3 is 2.56 bits per heavy atom. The average Bonchev–Trinajstić information content (AvgIpc) is 2.60. The van der Waals surface area contributed by atoms with Gasteiger partial charge < -0.3 is 14.6 Å². The Balaban J connectivity index is 2.26. The number of benzene rings is 2. The molecule has 0 unspecified atom stereocenters. The second-order valence-corrected chi connectivity index (χ2v) is 5.74. The highest BCUT2D eigenvalue weighted by Gasteiger charge is 2.10. The fraction of sp³-hybridized carbons (Fsp3) is 0.111. The van der Waals surface area contributed by atoms with Crippen molar-refractivity contribution in [3.63, 3.8) is 0 Å². The van der Waals surface area contributed by atoms with Gasteiger partial charge in [0, 0.05) is 0 Å². The van der Waals surface area contributed by atoms with E-state index in [1.54, 1.807) is 42.5 Å². The van der Waals surface area contributed by atoms with Crippen LogP contribution in [0.2, 0.25) is 10.0 Å². The summed E-state index contributed by atoms with van der Waals surface area (Å²) in [6, 6.07) is 11.6. The number of methoxy groups -OCH3 is 1. The normalized spacial score (nSPS) is 10.9. The fourth-order valence-electron chi connectivity index (χ4n) is 1.99. The highest BCUT2D eigenvalue weighted by Crippen LogP contribution is 2.30. The van der Waals surface area contributed by atoms with Crippen LogP contribution in [0.3, 0.4) is 0 Å². The highest BCUT2D eigenvalue weighted by atomic mass is 35.5. The Hall–Kier alpha value is -2.68. The molecule has 2 aromatic carbocycles. The number of hydrogen-bond donors (Lipinski definition) is 1. The van der Waals surface area contributed by atoms with Crippen molar-refractivity contribution in [2.24, 2.45) is 0 Å². The van der Waals surface area contributed by atoms with Crippen molar-refractivity contribution >= 4 is 35.2 Å². The van der Waals surface area contributed by atoms with E-state index in [0.29, 0.717) is 27.1 Å². The zero-order valence-corrected chi connectivity index (χ0v) is 14.6. The summed E-state index contributed by atoms with van der Waals surface area (Å²) in [6.07, 6.45) is 1.26. The topological polar surface area (TPSA) is 79.5 Å². The van der Waals surface area contributed by atoms with Crippen molar-refractivity contribution in [1.82, 2.24) is 0 Å². The Morgan fingerprint density at radius 2 is 1.96 bits per heavy atom. The molecule has 0 radical (unpaired) electrons. The molecule has 0 aliphatic carbocycles. The monoisotopic (exact) mass is 377 g/mol. The maximum absolute atomic E-state index is 10.9. The van der Waals surface area contributed by atoms with Crippen molar-refractivity contribution in [2.45, 2.75) is 6.61 Å². The first-order chi connectivity index (χ1) is 11.9. The quantitative estimate of drug-likeness (QED) is 0.588. The zero-order valence-electron chi connectivity index (χ0n) is 13.1. The lowest BCUT2D eigenvalue weighted by molar-refractivity contribution is -0.132. The molecule has 128 valence electrons. The predicted molar refractivity (Wildman–Crippen MR) is 95.0 cm³/mol. The SMILES string of the molecule is COc1ccc(C=C(C#N)C(=O)O)cc1OCc1ccc(Cl)c(Cl)c1. The van der Waals surface area contributed by atoms with E-state index in [0.717, 1.165) is 5.56 Å². The van der Waals surface area contributed by atoms with Crippen LogP contribution >= 0.6 is 23.2 Å². The van der Waals surface area contributed by atoms with Gasteiger partial charge in [0.1, 0.15) is 18.2 Å². The molecular weight excluding hydrogens is 365 g/mol. The van der Waals surface area contributed by atoms with Gasteiger partial charge in [0.15, 0.2) is 11.5 Å². The molecule has 7 heteroatoms. The third kappa shape index (κ3) is 4.90. The van der Waals surface area contributed by atoms with Gasteiger partial charge in [-0.2, -0.15) is 5.26 Å². The van der Waals surface area contributed by atoms with Gasteiger partial charge in [-0.25, -0.2) is 4.79 Å². The number of nitrogens with zero attached hydrogens (tertiary/aromatic N) is 1. The van der Waals surface area contributed by atoms with Gasteiger partial charge in [0.25, 0.3) is 0 Å². The van der Waals surface area contributed by atoms with Crippen molar-refractivity contribution in [2.75, 3.05) is 7.11 Å². The minimum atomic E-state index is -1.29. The fourth-order valence-corrected chi connectivity index (χ4v) is 2.32. The Morgan fingerprint density at radius 1 is 1.20 bits per heavy atom. The molecule has 0 heterocycles. The number of nitriles is 1. The van der Waals surface area contributed by atoms with Gasteiger partial charge >= 0.3 is 5.97 Å². The number of halogens is 2. The Bertz CT molecular complexity index is 872. The van der Waals surface area contributed by atoms with E-state index < -0.39 is 5.97 Å². The van der Waals surface area contributed by atoms with E-state index in [2.05, 4.69) is 0 Å². The van der Waals surface area contributed by atoms with E-state index in [1.807, 2.05) is 0 Å². The van der Waals surface area contributed by atoms with E-state index in [-0.39, 0.29) is 12.2 Å². The molecule has 0 atom stereocenters. The molecule has 25 heavy (non-hydrogen) atoms. The number of carboxylic acid groups (broad SMARTS) is 1. The highest BCUT2D eigenvalue weighted by molar-refractivity contribution is 6.42. The molecular formula is C18H13Cl2NO4. The lowest BCUT2D eigenvalue weighted by Crippen LogP contribution is -1.99. The van der Waals surface area contributed by atoms with Crippen molar-refractivity contribution in [3.8, 4) is 17.6 Å². The number of rotatable bonds is 6. The van der Waals surface area contributed by atoms with Gasteiger partial charge in [-0.1, -0.05) is 35.3 Å². The first-order valence-electron chi connectivity index (χ1n) is 7.04. The average molecular weight is 378 g/mol. The number of aliphatic carboxylic acids is 1. The first kappa shape index (κ1) is 18.7. The van der Waals surface area contributed by atoms with E-state index >= 15 is 0 Å². The van der Waals surface area contributed by atoms with E-state index in [4.69, 9.17) is 43.0 Å². The summed E-state index contributed by atoms with van der Waals surface area (Å²) < 4.78 is 11.0. The Labute approximate surface area is 154 Å². The maximum atomic E-state index is 10.9.